The van der Waals surface area contributed by atoms with Gasteiger partial charge in [0.2, 0.25) is 0 Å². The average molecular weight is 239 g/mol. The van der Waals surface area contributed by atoms with Gasteiger partial charge in [-0.25, -0.2) is 0 Å². The minimum absolute atomic E-state index is 0.156. The van der Waals surface area contributed by atoms with Crippen LogP contribution in [0.1, 0.15) is 6.92 Å². The zero-order valence-corrected chi connectivity index (χ0v) is 10.7. The first kappa shape index (κ1) is 13.8. The summed E-state index contributed by atoms with van der Waals surface area (Å²) in [5, 5.41) is 8.99. The van der Waals surface area contributed by atoms with E-state index in [1.54, 1.807) is 7.11 Å². The summed E-state index contributed by atoms with van der Waals surface area (Å²) in [5.41, 5.74) is 0. The first-order valence-electron chi connectivity index (χ1n) is 5.75. The average Bonchev–Trinajstić information content (AvgIpc) is 2.37. The van der Waals surface area contributed by atoms with Crippen LogP contribution in [0, 0.1) is 0 Å². The van der Waals surface area contributed by atoms with Gasteiger partial charge in [-0.05, 0) is 26.1 Å². The van der Waals surface area contributed by atoms with Gasteiger partial charge < -0.3 is 14.6 Å². The van der Waals surface area contributed by atoms with Crippen molar-refractivity contribution in [1.29, 1.82) is 0 Å². The van der Waals surface area contributed by atoms with Crippen LogP contribution in [0.4, 0.5) is 0 Å². The molecular formula is C13H21NO3. The predicted octanol–water partition coefficient (Wildman–Crippen LogP) is 1.39. The van der Waals surface area contributed by atoms with Crippen molar-refractivity contribution < 1.29 is 14.6 Å². The van der Waals surface area contributed by atoms with Gasteiger partial charge in [0, 0.05) is 18.7 Å². The summed E-state index contributed by atoms with van der Waals surface area (Å²) in [7, 11) is 3.60. The molecule has 4 heteroatoms. The Morgan fingerprint density at radius 1 is 1.35 bits per heavy atom. The van der Waals surface area contributed by atoms with Crippen molar-refractivity contribution in [3.8, 4) is 11.5 Å². The Hall–Kier alpha value is -1.26. The van der Waals surface area contributed by atoms with Crippen LogP contribution in [0.5, 0.6) is 11.5 Å². The quantitative estimate of drug-likeness (QED) is 0.780. The summed E-state index contributed by atoms with van der Waals surface area (Å²) >= 11 is 0. The van der Waals surface area contributed by atoms with Crippen LogP contribution in [0.2, 0.25) is 0 Å². The van der Waals surface area contributed by atoms with E-state index in [-0.39, 0.29) is 12.6 Å². The smallest absolute Gasteiger partial charge is 0.123 e. The standard InChI is InChI=1S/C13H21NO3/c1-11(10-15)14(2)7-8-17-13-6-4-5-12(9-13)16-3/h4-6,9,11,15H,7-8,10H2,1-3H3. The minimum Gasteiger partial charge on any atom is -0.497 e. The Morgan fingerprint density at radius 3 is 2.71 bits per heavy atom. The van der Waals surface area contributed by atoms with Gasteiger partial charge in [0.1, 0.15) is 18.1 Å². The second kappa shape index (κ2) is 7.14. The van der Waals surface area contributed by atoms with E-state index in [1.807, 2.05) is 38.2 Å². The van der Waals surface area contributed by atoms with Gasteiger partial charge in [0.25, 0.3) is 0 Å². The molecule has 0 saturated carbocycles. The van der Waals surface area contributed by atoms with Crippen molar-refractivity contribution in [1.82, 2.24) is 4.90 Å². The van der Waals surface area contributed by atoms with Gasteiger partial charge in [0.15, 0.2) is 0 Å². The van der Waals surface area contributed by atoms with E-state index in [0.29, 0.717) is 6.61 Å². The monoisotopic (exact) mass is 239 g/mol. The zero-order valence-electron chi connectivity index (χ0n) is 10.7. The maximum atomic E-state index is 8.99. The van der Waals surface area contributed by atoms with Gasteiger partial charge in [-0.3, -0.25) is 4.90 Å². The summed E-state index contributed by atoms with van der Waals surface area (Å²) < 4.78 is 10.7. The van der Waals surface area contributed by atoms with Gasteiger partial charge >= 0.3 is 0 Å². The van der Waals surface area contributed by atoms with E-state index in [0.717, 1.165) is 18.0 Å². The molecule has 0 aliphatic rings. The molecule has 1 aromatic carbocycles. The van der Waals surface area contributed by atoms with Crippen LogP contribution in [0.3, 0.4) is 0 Å². The lowest BCUT2D eigenvalue weighted by Crippen LogP contribution is -2.35. The number of hydrogen-bond donors (Lipinski definition) is 1. The number of benzene rings is 1. The van der Waals surface area contributed by atoms with Crippen molar-refractivity contribution in [2.75, 3.05) is 33.9 Å². The zero-order chi connectivity index (χ0) is 12.7. The molecule has 0 spiro atoms. The molecule has 4 nitrogen and oxygen atoms in total. The van der Waals surface area contributed by atoms with Crippen molar-refractivity contribution in [2.24, 2.45) is 0 Å². The highest BCUT2D eigenvalue weighted by Crippen LogP contribution is 2.18. The third kappa shape index (κ3) is 4.63. The van der Waals surface area contributed by atoms with Gasteiger partial charge in [-0.15, -0.1) is 0 Å². The molecule has 0 aliphatic carbocycles. The second-order valence-electron chi connectivity index (χ2n) is 4.04. The molecule has 17 heavy (non-hydrogen) atoms. The molecule has 0 aliphatic heterocycles. The van der Waals surface area contributed by atoms with Crippen molar-refractivity contribution in [2.45, 2.75) is 13.0 Å². The van der Waals surface area contributed by atoms with Crippen molar-refractivity contribution in [3.63, 3.8) is 0 Å². The molecule has 0 radical (unpaired) electrons. The van der Waals surface area contributed by atoms with E-state index in [1.165, 1.54) is 0 Å². The topological polar surface area (TPSA) is 41.9 Å². The van der Waals surface area contributed by atoms with E-state index in [4.69, 9.17) is 14.6 Å². The number of hydrogen-bond acceptors (Lipinski definition) is 4. The third-order valence-corrected chi connectivity index (χ3v) is 2.77. The van der Waals surface area contributed by atoms with Gasteiger partial charge in [0.05, 0.1) is 13.7 Å². The lowest BCUT2D eigenvalue weighted by atomic mass is 10.3. The number of aliphatic hydroxyl groups excluding tert-OH is 1. The van der Waals surface area contributed by atoms with E-state index in [9.17, 15) is 0 Å². The second-order valence-corrected chi connectivity index (χ2v) is 4.04. The summed E-state index contributed by atoms with van der Waals surface area (Å²) in [6, 6.07) is 7.69. The number of likely N-dealkylation sites (N-methyl/N-ethyl adjacent to an activating group) is 1. The van der Waals surface area contributed by atoms with Crippen LogP contribution < -0.4 is 9.47 Å². The molecule has 1 atom stereocenters. The fraction of sp³-hybridized carbons (Fsp3) is 0.538. The van der Waals surface area contributed by atoms with Crippen molar-refractivity contribution in [3.05, 3.63) is 24.3 Å². The summed E-state index contributed by atoms with van der Waals surface area (Å²) in [5.74, 6) is 1.59. The Bertz CT molecular complexity index is 330. The molecular weight excluding hydrogens is 218 g/mol. The van der Waals surface area contributed by atoms with Crippen LogP contribution in [-0.2, 0) is 0 Å². The lowest BCUT2D eigenvalue weighted by molar-refractivity contribution is 0.140. The number of ether oxygens (including phenoxy) is 2. The molecule has 0 amide bonds. The lowest BCUT2D eigenvalue weighted by Gasteiger charge is -2.22. The molecule has 1 unspecified atom stereocenters. The minimum atomic E-state index is 0.156. The highest BCUT2D eigenvalue weighted by Gasteiger charge is 2.07. The highest BCUT2D eigenvalue weighted by atomic mass is 16.5. The van der Waals surface area contributed by atoms with E-state index < -0.39 is 0 Å². The largest absolute Gasteiger partial charge is 0.497 e. The molecule has 0 fully saturated rings. The summed E-state index contributed by atoms with van der Waals surface area (Å²) in [6.07, 6.45) is 0. The highest BCUT2D eigenvalue weighted by molar-refractivity contribution is 5.32. The maximum absolute atomic E-state index is 8.99. The number of aliphatic hydroxyl groups is 1. The molecule has 0 saturated heterocycles. The molecule has 0 aromatic heterocycles. The fourth-order valence-corrected chi connectivity index (χ4v) is 1.36. The summed E-state index contributed by atoms with van der Waals surface area (Å²) in [6.45, 7) is 3.51. The van der Waals surface area contributed by atoms with Crippen LogP contribution in [-0.4, -0.2) is 50.0 Å². The maximum Gasteiger partial charge on any atom is 0.123 e. The molecule has 0 bridgehead atoms. The SMILES string of the molecule is COc1cccc(OCCN(C)C(C)CO)c1. The number of nitrogens with zero attached hydrogens (tertiary/aromatic N) is 1. The first-order chi connectivity index (χ1) is 8.17. The van der Waals surface area contributed by atoms with Crippen LogP contribution in [0.25, 0.3) is 0 Å². The van der Waals surface area contributed by atoms with Gasteiger partial charge in [-0.1, -0.05) is 6.07 Å². The number of rotatable bonds is 7. The molecule has 96 valence electrons. The third-order valence-electron chi connectivity index (χ3n) is 2.77. The van der Waals surface area contributed by atoms with E-state index in [2.05, 4.69) is 4.90 Å². The fourth-order valence-electron chi connectivity index (χ4n) is 1.36. The Morgan fingerprint density at radius 2 is 2.06 bits per heavy atom. The molecule has 1 N–H and O–H groups in total. The van der Waals surface area contributed by atoms with Crippen molar-refractivity contribution >= 4 is 0 Å². The molecule has 1 aromatic rings. The summed E-state index contributed by atoms with van der Waals surface area (Å²) in [4.78, 5) is 2.06. The Balaban J connectivity index is 2.35. The van der Waals surface area contributed by atoms with Gasteiger partial charge in [-0.2, -0.15) is 0 Å². The predicted molar refractivity (Wildman–Crippen MR) is 67.7 cm³/mol. The number of methoxy groups -OCH3 is 1. The normalized spacial score (nSPS) is 12.5. The first-order valence-corrected chi connectivity index (χ1v) is 5.75. The Kier molecular flexibility index (Phi) is 5.80. The Labute approximate surface area is 103 Å². The van der Waals surface area contributed by atoms with Crippen LogP contribution >= 0.6 is 0 Å². The van der Waals surface area contributed by atoms with E-state index >= 15 is 0 Å². The molecule has 0 heterocycles. The molecule has 1 rings (SSSR count). The van der Waals surface area contributed by atoms with Crippen LogP contribution in [0.15, 0.2) is 24.3 Å².